The second-order valence-corrected chi connectivity index (χ2v) is 1.30. The van der Waals surface area contributed by atoms with E-state index < -0.39 is 12.1 Å². The minimum absolute atomic E-state index is 0.833. The first-order chi connectivity index (χ1) is 2.94. The molecule has 0 heterocycles. The molecule has 0 radical (unpaired) electrons. The van der Waals surface area contributed by atoms with Crippen molar-refractivity contribution in [2.24, 2.45) is 0 Å². The van der Waals surface area contributed by atoms with Crippen LogP contribution in [0.1, 0.15) is 6.92 Å². The SMILES string of the molecule is CC(F)C(O)(O)O. The van der Waals surface area contributed by atoms with E-state index in [4.69, 9.17) is 15.3 Å². The van der Waals surface area contributed by atoms with E-state index in [1.807, 2.05) is 0 Å². The minimum atomic E-state index is -3.17. The number of alkyl halides is 1. The fourth-order valence-corrected chi connectivity index (χ4v) is 0. The molecule has 44 valence electrons. The summed E-state index contributed by atoms with van der Waals surface area (Å²) in [4.78, 5) is 0. The van der Waals surface area contributed by atoms with Gasteiger partial charge >= 0.3 is 5.97 Å². The van der Waals surface area contributed by atoms with Crippen LogP contribution in [-0.2, 0) is 0 Å². The summed E-state index contributed by atoms with van der Waals surface area (Å²) in [5.74, 6) is -3.17. The van der Waals surface area contributed by atoms with Crippen molar-refractivity contribution in [2.75, 3.05) is 0 Å². The van der Waals surface area contributed by atoms with E-state index in [9.17, 15) is 4.39 Å². The van der Waals surface area contributed by atoms with Crippen molar-refractivity contribution in [3.05, 3.63) is 0 Å². The van der Waals surface area contributed by atoms with Gasteiger partial charge in [-0.05, 0) is 6.92 Å². The van der Waals surface area contributed by atoms with Crippen LogP contribution >= 0.6 is 0 Å². The minimum Gasteiger partial charge on any atom is -0.341 e. The van der Waals surface area contributed by atoms with Crippen LogP contribution in [0.25, 0.3) is 0 Å². The van der Waals surface area contributed by atoms with Crippen LogP contribution in [0.15, 0.2) is 0 Å². The number of hydrogen-bond donors (Lipinski definition) is 3. The van der Waals surface area contributed by atoms with Gasteiger partial charge < -0.3 is 15.3 Å². The van der Waals surface area contributed by atoms with Gasteiger partial charge in [0.1, 0.15) is 0 Å². The van der Waals surface area contributed by atoms with E-state index in [-0.39, 0.29) is 0 Å². The molecule has 0 aromatic rings. The van der Waals surface area contributed by atoms with Gasteiger partial charge in [-0.15, -0.1) is 0 Å². The van der Waals surface area contributed by atoms with Crippen LogP contribution in [-0.4, -0.2) is 27.5 Å². The summed E-state index contributed by atoms with van der Waals surface area (Å²) >= 11 is 0. The number of hydrogen-bond acceptors (Lipinski definition) is 3. The van der Waals surface area contributed by atoms with Crippen molar-refractivity contribution in [3.63, 3.8) is 0 Å². The first-order valence-corrected chi connectivity index (χ1v) is 1.76. The largest absolute Gasteiger partial charge is 0.341 e. The third kappa shape index (κ3) is 2.50. The van der Waals surface area contributed by atoms with Crippen molar-refractivity contribution >= 4 is 0 Å². The fourth-order valence-electron chi connectivity index (χ4n) is 0. The second-order valence-electron chi connectivity index (χ2n) is 1.30. The van der Waals surface area contributed by atoms with Crippen LogP contribution in [0.4, 0.5) is 4.39 Å². The quantitative estimate of drug-likeness (QED) is 0.378. The maximum absolute atomic E-state index is 11.5. The summed E-state index contributed by atoms with van der Waals surface area (Å²) in [6.45, 7) is 0.833. The van der Waals surface area contributed by atoms with Gasteiger partial charge in [0.15, 0.2) is 6.17 Å². The number of halogens is 1. The summed E-state index contributed by atoms with van der Waals surface area (Å²) in [5, 5.41) is 23.5. The Hall–Kier alpha value is -0.190. The zero-order valence-electron chi connectivity index (χ0n) is 3.80. The third-order valence-corrected chi connectivity index (χ3v) is 0.534. The highest BCUT2D eigenvalue weighted by Crippen LogP contribution is 2.03. The highest BCUT2D eigenvalue weighted by atomic mass is 19.1. The molecule has 1 atom stereocenters. The highest BCUT2D eigenvalue weighted by Gasteiger charge is 2.26. The molecule has 3 N–H and O–H groups in total. The van der Waals surface area contributed by atoms with Gasteiger partial charge in [-0.25, -0.2) is 4.39 Å². The summed E-state index contributed by atoms with van der Waals surface area (Å²) in [5.41, 5.74) is 0. The fraction of sp³-hybridized carbons (Fsp3) is 1.00. The Labute approximate surface area is 40.0 Å². The molecule has 0 fully saturated rings. The van der Waals surface area contributed by atoms with E-state index in [1.165, 1.54) is 0 Å². The molecule has 0 aliphatic carbocycles. The molecule has 0 amide bonds. The van der Waals surface area contributed by atoms with Gasteiger partial charge in [-0.1, -0.05) is 0 Å². The summed E-state index contributed by atoms with van der Waals surface area (Å²) in [6.07, 6.45) is -2.03. The van der Waals surface area contributed by atoms with E-state index in [0.29, 0.717) is 0 Å². The summed E-state index contributed by atoms with van der Waals surface area (Å²) < 4.78 is 11.5. The molecule has 0 aromatic carbocycles. The zero-order valence-corrected chi connectivity index (χ0v) is 3.80. The van der Waals surface area contributed by atoms with Gasteiger partial charge in [-0.3, -0.25) is 0 Å². The Balaban J connectivity index is 3.54. The number of rotatable bonds is 1. The molecule has 7 heavy (non-hydrogen) atoms. The first-order valence-electron chi connectivity index (χ1n) is 1.76. The Bertz CT molecular complexity index is 55.7. The second kappa shape index (κ2) is 1.73. The molecular weight excluding hydrogens is 103 g/mol. The molecule has 0 aromatic heterocycles. The van der Waals surface area contributed by atoms with Crippen LogP contribution in [0, 0.1) is 0 Å². The molecule has 0 spiro atoms. The lowest BCUT2D eigenvalue weighted by molar-refractivity contribution is -0.338. The average Bonchev–Trinajstić information content (AvgIpc) is 1.31. The van der Waals surface area contributed by atoms with Crippen LogP contribution in [0.3, 0.4) is 0 Å². The molecule has 0 saturated heterocycles. The lowest BCUT2D eigenvalue weighted by Crippen LogP contribution is -2.36. The molecule has 3 nitrogen and oxygen atoms in total. The third-order valence-electron chi connectivity index (χ3n) is 0.534. The average molecular weight is 110 g/mol. The van der Waals surface area contributed by atoms with E-state index in [1.54, 1.807) is 0 Å². The van der Waals surface area contributed by atoms with Crippen molar-refractivity contribution in [3.8, 4) is 0 Å². The van der Waals surface area contributed by atoms with Gasteiger partial charge in [-0.2, -0.15) is 0 Å². The van der Waals surface area contributed by atoms with Crippen molar-refractivity contribution in [1.29, 1.82) is 0 Å². The Kier molecular flexibility index (Phi) is 1.68. The van der Waals surface area contributed by atoms with E-state index in [2.05, 4.69) is 0 Å². The highest BCUT2D eigenvalue weighted by molar-refractivity contribution is 4.53. The first kappa shape index (κ1) is 6.81. The van der Waals surface area contributed by atoms with Crippen LogP contribution < -0.4 is 0 Å². The van der Waals surface area contributed by atoms with Crippen molar-refractivity contribution < 1.29 is 19.7 Å². The van der Waals surface area contributed by atoms with Gasteiger partial charge in [0.05, 0.1) is 0 Å². The topological polar surface area (TPSA) is 60.7 Å². The lowest BCUT2D eigenvalue weighted by atomic mass is 10.4. The van der Waals surface area contributed by atoms with Crippen molar-refractivity contribution in [2.45, 2.75) is 19.1 Å². The van der Waals surface area contributed by atoms with Gasteiger partial charge in [0.25, 0.3) is 0 Å². The zero-order chi connectivity index (χ0) is 6.08. The number of aliphatic hydroxyl groups is 3. The van der Waals surface area contributed by atoms with Crippen LogP contribution in [0.5, 0.6) is 0 Å². The van der Waals surface area contributed by atoms with Gasteiger partial charge in [0, 0.05) is 0 Å². The Morgan fingerprint density at radius 3 is 1.57 bits per heavy atom. The van der Waals surface area contributed by atoms with E-state index >= 15 is 0 Å². The molecule has 4 heteroatoms. The Morgan fingerprint density at radius 2 is 1.57 bits per heavy atom. The molecule has 0 saturated carbocycles. The molecule has 0 aliphatic rings. The van der Waals surface area contributed by atoms with E-state index in [0.717, 1.165) is 6.92 Å². The maximum Gasteiger partial charge on any atom is 0.308 e. The van der Waals surface area contributed by atoms with Crippen LogP contribution in [0.2, 0.25) is 0 Å². The molecular formula is C3H7FO3. The molecule has 0 aliphatic heterocycles. The molecule has 1 unspecified atom stereocenters. The molecule has 0 rings (SSSR count). The normalized spacial score (nSPS) is 16.7. The smallest absolute Gasteiger partial charge is 0.308 e. The van der Waals surface area contributed by atoms with Crippen molar-refractivity contribution in [1.82, 2.24) is 0 Å². The predicted octanol–water partition coefficient (Wildman–Crippen LogP) is -1.02. The summed E-state index contributed by atoms with van der Waals surface area (Å²) in [6, 6.07) is 0. The maximum atomic E-state index is 11.5. The summed E-state index contributed by atoms with van der Waals surface area (Å²) in [7, 11) is 0. The lowest BCUT2D eigenvalue weighted by Gasteiger charge is -2.13. The monoisotopic (exact) mass is 110 g/mol. The predicted molar refractivity (Wildman–Crippen MR) is 20.0 cm³/mol. The standard InChI is InChI=1S/C3H7FO3/c1-2(4)3(5,6)7/h2,5-7H,1H3. The molecule has 0 bridgehead atoms. The Morgan fingerprint density at radius 1 is 1.43 bits per heavy atom. The van der Waals surface area contributed by atoms with Gasteiger partial charge in [0.2, 0.25) is 0 Å².